The summed E-state index contributed by atoms with van der Waals surface area (Å²) >= 11 is 0. The molecule has 0 spiro atoms. The van der Waals surface area contributed by atoms with Gasteiger partial charge in [-0.15, -0.1) is 0 Å². The maximum Gasteiger partial charge on any atom is 0.255 e. The second-order valence-corrected chi connectivity index (χ2v) is 6.31. The number of carbonyl (C=O) groups is 1. The van der Waals surface area contributed by atoms with Gasteiger partial charge in [0.15, 0.2) is 11.5 Å². The molecule has 0 bridgehead atoms. The van der Waals surface area contributed by atoms with Gasteiger partial charge in [0, 0.05) is 0 Å². The zero-order chi connectivity index (χ0) is 18.5. The van der Waals surface area contributed by atoms with Crippen molar-refractivity contribution in [3.8, 4) is 11.5 Å². The van der Waals surface area contributed by atoms with Gasteiger partial charge in [0.2, 0.25) is 0 Å². The van der Waals surface area contributed by atoms with Gasteiger partial charge in [0.05, 0.1) is 18.2 Å². The Labute approximate surface area is 156 Å². The van der Waals surface area contributed by atoms with Gasteiger partial charge in [-0.2, -0.15) is 5.10 Å². The molecule has 0 aliphatic carbocycles. The Morgan fingerprint density at radius 2 is 1.96 bits per heavy atom. The Balaban J connectivity index is 1.54. The van der Waals surface area contributed by atoms with E-state index in [1.165, 1.54) is 6.33 Å². The Bertz CT molecular complexity index is 897. The number of para-hydroxylation sites is 1. The van der Waals surface area contributed by atoms with Crippen LogP contribution in [0.15, 0.2) is 61.2 Å². The molecule has 3 aromatic rings. The summed E-state index contributed by atoms with van der Waals surface area (Å²) in [5, 5.41) is 7.26. The van der Waals surface area contributed by atoms with Gasteiger partial charge in [0.1, 0.15) is 25.9 Å². The minimum atomic E-state index is -0.196. The molecule has 0 saturated carbocycles. The second kappa shape index (κ2) is 7.90. The second-order valence-electron chi connectivity index (χ2n) is 6.31. The lowest BCUT2D eigenvalue weighted by Gasteiger charge is -2.23. The van der Waals surface area contributed by atoms with Gasteiger partial charge >= 0.3 is 0 Å². The predicted octanol–water partition coefficient (Wildman–Crippen LogP) is 2.09. The highest BCUT2D eigenvalue weighted by molar-refractivity contribution is 5.98. The van der Waals surface area contributed by atoms with E-state index in [2.05, 4.69) is 15.4 Å². The van der Waals surface area contributed by atoms with E-state index in [0.29, 0.717) is 43.2 Å². The van der Waals surface area contributed by atoms with Crippen molar-refractivity contribution in [2.45, 2.75) is 19.0 Å². The number of amides is 1. The van der Waals surface area contributed by atoms with Crippen LogP contribution in [0.1, 0.15) is 15.9 Å². The summed E-state index contributed by atoms with van der Waals surface area (Å²) in [6.45, 7) is 1.44. The lowest BCUT2D eigenvalue weighted by molar-refractivity contribution is 0.0921. The third-order valence-electron chi connectivity index (χ3n) is 4.35. The third-order valence-corrected chi connectivity index (χ3v) is 4.35. The SMILES string of the molecule is O=C(N[C@H](Cc1ccccc1)Cn1cncn1)c1cccc2c1OCCO2. The molecule has 0 unspecified atom stereocenters. The van der Waals surface area contributed by atoms with Gasteiger partial charge in [-0.1, -0.05) is 36.4 Å². The molecule has 2 heterocycles. The molecule has 0 fully saturated rings. The Hall–Kier alpha value is -3.35. The normalized spacial score (nSPS) is 13.8. The van der Waals surface area contributed by atoms with E-state index in [-0.39, 0.29) is 11.9 Å². The molecule has 0 saturated heterocycles. The number of ether oxygens (including phenoxy) is 2. The average Bonchev–Trinajstić information content (AvgIpc) is 3.21. The van der Waals surface area contributed by atoms with E-state index in [9.17, 15) is 4.79 Å². The smallest absolute Gasteiger partial charge is 0.255 e. The minimum absolute atomic E-state index is 0.151. The largest absolute Gasteiger partial charge is 0.486 e. The number of benzene rings is 2. The molecule has 2 aromatic carbocycles. The van der Waals surface area contributed by atoms with Crippen molar-refractivity contribution in [1.29, 1.82) is 0 Å². The van der Waals surface area contributed by atoms with Crippen molar-refractivity contribution in [3.63, 3.8) is 0 Å². The first-order valence-corrected chi connectivity index (χ1v) is 8.85. The molecule has 1 aliphatic rings. The van der Waals surface area contributed by atoms with E-state index < -0.39 is 0 Å². The number of carbonyl (C=O) groups excluding carboxylic acids is 1. The van der Waals surface area contributed by atoms with Crippen LogP contribution >= 0.6 is 0 Å². The summed E-state index contributed by atoms with van der Waals surface area (Å²) in [5.41, 5.74) is 1.61. The molecule has 138 valence electrons. The van der Waals surface area contributed by atoms with Crippen molar-refractivity contribution >= 4 is 5.91 Å². The zero-order valence-corrected chi connectivity index (χ0v) is 14.7. The van der Waals surface area contributed by atoms with E-state index in [0.717, 1.165) is 5.56 Å². The highest BCUT2D eigenvalue weighted by atomic mass is 16.6. The summed E-state index contributed by atoms with van der Waals surface area (Å²) in [4.78, 5) is 16.9. The summed E-state index contributed by atoms with van der Waals surface area (Å²) in [6, 6.07) is 15.2. The number of nitrogens with one attached hydrogen (secondary N) is 1. The van der Waals surface area contributed by atoms with Crippen LogP contribution in [0.25, 0.3) is 0 Å². The van der Waals surface area contributed by atoms with Gasteiger partial charge in [0.25, 0.3) is 5.91 Å². The molecule has 7 nitrogen and oxygen atoms in total. The highest BCUT2D eigenvalue weighted by Crippen LogP contribution is 2.33. The number of hydrogen-bond donors (Lipinski definition) is 1. The minimum Gasteiger partial charge on any atom is -0.486 e. The first-order valence-electron chi connectivity index (χ1n) is 8.85. The number of nitrogens with zero attached hydrogens (tertiary/aromatic N) is 3. The van der Waals surface area contributed by atoms with Gasteiger partial charge in [-0.25, -0.2) is 4.98 Å². The molecule has 4 rings (SSSR count). The van der Waals surface area contributed by atoms with Crippen molar-refractivity contribution in [1.82, 2.24) is 20.1 Å². The summed E-state index contributed by atoms with van der Waals surface area (Å²) in [7, 11) is 0. The monoisotopic (exact) mass is 364 g/mol. The summed E-state index contributed by atoms with van der Waals surface area (Å²) in [5.74, 6) is 0.906. The van der Waals surface area contributed by atoms with Gasteiger partial charge < -0.3 is 14.8 Å². The standard InChI is InChI=1S/C20H20N4O3/c25-20(17-7-4-8-18-19(17)27-10-9-26-18)23-16(12-24-14-21-13-22-24)11-15-5-2-1-3-6-15/h1-8,13-14,16H,9-12H2,(H,23,25)/t16-/m1/s1. The zero-order valence-electron chi connectivity index (χ0n) is 14.7. The van der Waals surface area contributed by atoms with Crippen LogP contribution < -0.4 is 14.8 Å². The van der Waals surface area contributed by atoms with E-state index in [1.54, 1.807) is 23.1 Å². The number of rotatable bonds is 6. The van der Waals surface area contributed by atoms with Crippen molar-refractivity contribution in [3.05, 3.63) is 72.3 Å². The summed E-state index contributed by atoms with van der Waals surface area (Å²) < 4.78 is 13.0. The molecule has 1 atom stereocenters. The molecule has 1 N–H and O–H groups in total. The van der Waals surface area contributed by atoms with Gasteiger partial charge in [-0.3, -0.25) is 9.48 Å². The maximum absolute atomic E-state index is 13.0. The van der Waals surface area contributed by atoms with Crippen LogP contribution in [0.5, 0.6) is 11.5 Å². The molecule has 1 amide bonds. The molecule has 1 aromatic heterocycles. The first kappa shape index (κ1) is 17.1. The average molecular weight is 364 g/mol. The van der Waals surface area contributed by atoms with Crippen LogP contribution in [0.2, 0.25) is 0 Å². The molecule has 1 aliphatic heterocycles. The lowest BCUT2D eigenvalue weighted by atomic mass is 10.0. The fourth-order valence-corrected chi connectivity index (χ4v) is 3.13. The molecule has 0 radical (unpaired) electrons. The van der Waals surface area contributed by atoms with E-state index >= 15 is 0 Å². The van der Waals surface area contributed by atoms with Crippen LogP contribution in [0.3, 0.4) is 0 Å². The lowest BCUT2D eigenvalue weighted by Crippen LogP contribution is -2.40. The van der Waals surface area contributed by atoms with Gasteiger partial charge in [-0.05, 0) is 24.1 Å². The molecular formula is C20H20N4O3. The molecular weight excluding hydrogens is 344 g/mol. The predicted molar refractivity (Wildman–Crippen MR) is 98.9 cm³/mol. The Kier molecular flexibility index (Phi) is 5.00. The van der Waals surface area contributed by atoms with Crippen molar-refractivity contribution in [2.24, 2.45) is 0 Å². The molecule has 7 heteroatoms. The van der Waals surface area contributed by atoms with Crippen molar-refractivity contribution in [2.75, 3.05) is 13.2 Å². The van der Waals surface area contributed by atoms with Crippen LogP contribution in [0, 0.1) is 0 Å². The third kappa shape index (κ3) is 4.08. The van der Waals surface area contributed by atoms with Crippen LogP contribution in [0.4, 0.5) is 0 Å². The fourth-order valence-electron chi connectivity index (χ4n) is 3.13. The maximum atomic E-state index is 13.0. The highest BCUT2D eigenvalue weighted by Gasteiger charge is 2.23. The topological polar surface area (TPSA) is 78.3 Å². The van der Waals surface area contributed by atoms with Crippen molar-refractivity contribution < 1.29 is 14.3 Å². The fraction of sp³-hybridized carbons (Fsp3) is 0.250. The Morgan fingerprint density at radius 1 is 1.11 bits per heavy atom. The number of aromatic nitrogens is 3. The molecule has 27 heavy (non-hydrogen) atoms. The first-order chi connectivity index (χ1) is 13.3. The Morgan fingerprint density at radius 3 is 2.78 bits per heavy atom. The van der Waals surface area contributed by atoms with E-state index in [1.807, 2.05) is 36.4 Å². The van der Waals surface area contributed by atoms with Crippen LogP contribution in [-0.2, 0) is 13.0 Å². The number of fused-ring (bicyclic) bond motifs is 1. The van der Waals surface area contributed by atoms with Crippen LogP contribution in [-0.4, -0.2) is 39.9 Å². The van der Waals surface area contributed by atoms with E-state index in [4.69, 9.17) is 9.47 Å². The quantitative estimate of drug-likeness (QED) is 0.725. The number of hydrogen-bond acceptors (Lipinski definition) is 5. The summed E-state index contributed by atoms with van der Waals surface area (Å²) in [6.07, 6.45) is 3.81.